The molecule has 0 fully saturated rings. The fourth-order valence-electron chi connectivity index (χ4n) is 1.78. The van der Waals surface area contributed by atoms with E-state index < -0.39 is 0 Å². The first kappa shape index (κ1) is 15.8. The summed E-state index contributed by atoms with van der Waals surface area (Å²) in [5, 5.41) is 9.17. The molecule has 2 rings (SSSR count). The van der Waals surface area contributed by atoms with Gasteiger partial charge in [-0.15, -0.1) is 0 Å². The van der Waals surface area contributed by atoms with Crippen molar-refractivity contribution in [2.24, 2.45) is 0 Å². The summed E-state index contributed by atoms with van der Waals surface area (Å²) in [6.07, 6.45) is 0. The Morgan fingerprint density at radius 2 is 1.50 bits per heavy atom. The average Bonchev–Trinajstić information content (AvgIpc) is 2.56. The number of anilines is 2. The van der Waals surface area contributed by atoms with Crippen LogP contribution in [0.25, 0.3) is 0 Å². The van der Waals surface area contributed by atoms with Crippen LogP contribution in [0.3, 0.4) is 0 Å². The molecule has 0 aliphatic carbocycles. The van der Waals surface area contributed by atoms with E-state index in [0.717, 1.165) is 11.4 Å². The van der Waals surface area contributed by atoms with Crippen LogP contribution in [-0.4, -0.2) is 25.2 Å². The average molecular weight is 315 g/mol. The molecule has 0 radical (unpaired) electrons. The van der Waals surface area contributed by atoms with Gasteiger partial charge < -0.3 is 20.7 Å². The van der Waals surface area contributed by atoms with Crippen LogP contribution >= 0.6 is 12.2 Å². The lowest BCUT2D eigenvalue weighted by Gasteiger charge is -2.09. The first-order valence-electron chi connectivity index (χ1n) is 6.66. The highest BCUT2D eigenvalue weighted by Gasteiger charge is 2.06. The predicted molar refractivity (Wildman–Crippen MR) is 92.7 cm³/mol. The fourth-order valence-corrected chi connectivity index (χ4v) is 1.89. The Labute approximate surface area is 134 Å². The summed E-state index contributed by atoms with van der Waals surface area (Å²) in [7, 11) is 3.34. The zero-order chi connectivity index (χ0) is 15.9. The molecule has 2 aromatic rings. The van der Waals surface area contributed by atoms with E-state index in [9.17, 15) is 4.79 Å². The predicted octanol–water partition coefficient (Wildman–Crippen LogP) is 2.86. The number of amides is 1. The number of nitrogens with one attached hydrogen (secondary N) is 3. The van der Waals surface area contributed by atoms with Crippen molar-refractivity contribution in [1.82, 2.24) is 5.32 Å². The standard InChI is InChI=1S/C16H17N3O2S/c1-17-16(22)19-13-5-3-11(4-6-13)15(20)18-12-7-9-14(21-2)10-8-12/h3-10H,1-2H3,(H,18,20)(H2,17,19,22). The Morgan fingerprint density at radius 1 is 0.955 bits per heavy atom. The largest absolute Gasteiger partial charge is 0.497 e. The maximum Gasteiger partial charge on any atom is 0.255 e. The molecule has 0 atom stereocenters. The van der Waals surface area contributed by atoms with E-state index in [1.54, 1.807) is 62.7 Å². The Morgan fingerprint density at radius 3 is 2.05 bits per heavy atom. The number of rotatable bonds is 4. The van der Waals surface area contributed by atoms with Gasteiger partial charge >= 0.3 is 0 Å². The zero-order valence-electron chi connectivity index (χ0n) is 12.3. The lowest BCUT2D eigenvalue weighted by Crippen LogP contribution is -2.24. The first-order valence-corrected chi connectivity index (χ1v) is 7.07. The van der Waals surface area contributed by atoms with E-state index in [-0.39, 0.29) is 5.91 Å². The van der Waals surface area contributed by atoms with Crippen molar-refractivity contribution in [3.8, 4) is 5.75 Å². The SMILES string of the molecule is CNC(=S)Nc1ccc(C(=O)Nc2ccc(OC)cc2)cc1. The van der Waals surface area contributed by atoms with Crippen molar-refractivity contribution >= 4 is 34.6 Å². The van der Waals surface area contributed by atoms with E-state index >= 15 is 0 Å². The lowest BCUT2D eigenvalue weighted by molar-refractivity contribution is 0.102. The van der Waals surface area contributed by atoms with Crippen LogP contribution in [-0.2, 0) is 0 Å². The van der Waals surface area contributed by atoms with E-state index in [0.29, 0.717) is 16.4 Å². The molecule has 0 bridgehead atoms. The van der Waals surface area contributed by atoms with Crippen LogP contribution in [0.4, 0.5) is 11.4 Å². The van der Waals surface area contributed by atoms with E-state index in [4.69, 9.17) is 17.0 Å². The van der Waals surface area contributed by atoms with Gasteiger partial charge in [0.1, 0.15) is 5.75 Å². The lowest BCUT2D eigenvalue weighted by atomic mass is 10.2. The molecule has 0 heterocycles. The summed E-state index contributed by atoms with van der Waals surface area (Å²) >= 11 is 5.02. The highest BCUT2D eigenvalue weighted by atomic mass is 32.1. The van der Waals surface area contributed by atoms with Crippen LogP contribution in [0.1, 0.15) is 10.4 Å². The molecule has 0 spiro atoms. The molecule has 6 heteroatoms. The summed E-state index contributed by atoms with van der Waals surface area (Å²) in [6.45, 7) is 0. The molecule has 0 saturated heterocycles. The van der Waals surface area contributed by atoms with Crippen LogP contribution in [0.15, 0.2) is 48.5 Å². The normalized spacial score (nSPS) is 9.73. The second-order valence-electron chi connectivity index (χ2n) is 4.46. The summed E-state index contributed by atoms with van der Waals surface area (Å²) < 4.78 is 5.08. The van der Waals surface area contributed by atoms with E-state index in [1.807, 2.05) is 0 Å². The third-order valence-electron chi connectivity index (χ3n) is 2.98. The van der Waals surface area contributed by atoms with Gasteiger partial charge in [0.15, 0.2) is 5.11 Å². The molecule has 3 N–H and O–H groups in total. The molecule has 114 valence electrons. The van der Waals surface area contributed by atoms with Crippen molar-refractivity contribution < 1.29 is 9.53 Å². The molecule has 2 aromatic carbocycles. The van der Waals surface area contributed by atoms with Gasteiger partial charge in [-0.3, -0.25) is 4.79 Å². The van der Waals surface area contributed by atoms with Gasteiger partial charge in [-0.2, -0.15) is 0 Å². The van der Waals surface area contributed by atoms with Crippen LogP contribution in [0, 0.1) is 0 Å². The Balaban J connectivity index is 2.01. The molecule has 0 saturated carbocycles. The molecule has 0 unspecified atom stereocenters. The van der Waals surface area contributed by atoms with Gasteiger partial charge in [-0.1, -0.05) is 0 Å². The van der Waals surface area contributed by atoms with Gasteiger partial charge in [0.25, 0.3) is 5.91 Å². The smallest absolute Gasteiger partial charge is 0.255 e. The molecular formula is C16H17N3O2S. The van der Waals surface area contributed by atoms with E-state index in [2.05, 4.69) is 16.0 Å². The Hall–Kier alpha value is -2.60. The second-order valence-corrected chi connectivity index (χ2v) is 4.87. The maximum absolute atomic E-state index is 12.2. The number of benzene rings is 2. The van der Waals surface area contributed by atoms with Gasteiger partial charge in [-0.25, -0.2) is 0 Å². The van der Waals surface area contributed by atoms with Gasteiger partial charge in [0.2, 0.25) is 0 Å². The van der Waals surface area contributed by atoms with Crippen molar-refractivity contribution in [3.05, 3.63) is 54.1 Å². The Bertz CT molecular complexity index is 654. The van der Waals surface area contributed by atoms with Crippen molar-refractivity contribution in [3.63, 3.8) is 0 Å². The second kappa shape index (κ2) is 7.42. The third-order valence-corrected chi connectivity index (χ3v) is 3.29. The quantitative estimate of drug-likeness (QED) is 0.757. The minimum Gasteiger partial charge on any atom is -0.497 e. The fraction of sp³-hybridized carbons (Fsp3) is 0.125. The summed E-state index contributed by atoms with van der Waals surface area (Å²) in [4.78, 5) is 12.2. The van der Waals surface area contributed by atoms with Gasteiger partial charge in [0, 0.05) is 24.0 Å². The van der Waals surface area contributed by atoms with Crippen molar-refractivity contribution in [2.75, 3.05) is 24.8 Å². The van der Waals surface area contributed by atoms with Crippen LogP contribution in [0.5, 0.6) is 5.75 Å². The number of carbonyl (C=O) groups is 1. The van der Waals surface area contributed by atoms with Gasteiger partial charge in [0.05, 0.1) is 7.11 Å². The molecule has 5 nitrogen and oxygen atoms in total. The van der Waals surface area contributed by atoms with Crippen LogP contribution < -0.4 is 20.7 Å². The highest BCUT2D eigenvalue weighted by molar-refractivity contribution is 7.80. The highest BCUT2D eigenvalue weighted by Crippen LogP contribution is 2.16. The topological polar surface area (TPSA) is 62.4 Å². The van der Waals surface area contributed by atoms with Crippen LogP contribution in [0.2, 0.25) is 0 Å². The number of ether oxygens (including phenoxy) is 1. The summed E-state index contributed by atoms with van der Waals surface area (Å²) in [6, 6.07) is 14.2. The first-order chi connectivity index (χ1) is 10.6. The third kappa shape index (κ3) is 4.20. The zero-order valence-corrected chi connectivity index (χ0v) is 13.2. The van der Waals surface area contributed by atoms with Gasteiger partial charge in [-0.05, 0) is 60.7 Å². The monoisotopic (exact) mass is 315 g/mol. The number of methoxy groups -OCH3 is 1. The Kier molecular flexibility index (Phi) is 5.32. The van der Waals surface area contributed by atoms with Crippen molar-refractivity contribution in [1.29, 1.82) is 0 Å². The molecule has 0 aliphatic heterocycles. The number of hydrogen-bond donors (Lipinski definition) is 3. The molecule has 1 amide bonds. The molecule has 0 aromatic heterocycles. The minimum absolute atomic E-state index is 0.173. The summed E-state index contributed by atoms with van der Waals surface area (Å²) in [5.41, 5.74) is 2.10. The molecule has 0 aliphatic rings. The number of carbonyl (C=O) groups excluding carboxylic acids is 1. The maximum atomic E-state index is 12.2. The minimum atomic E-state index is -0.173. The van der Waals surface area contributed by atoms with E-state index in [1.165, 1.54) is 0 Å². The molecular weight excluding hydrogens is 298 g/mol. The molecule has 22 heavy (non-hydrogen) atoms. The number of hydrogen-bond acceptors (Lipinski definition) is 3. The van der Waals surface area contributed by atoms with Crippen molar-refractivity contribution in [2.45, 2.75) is 0 Å². The summed E-state index contributed by atoms with van der Waals surface area (Å²) in [5.74, 6) is 0.571. The number of thiocarbonyl (C=S) groups is 1.